The molecule has 1 fully saturated rings. The van der Waals surface area contributed by atoms with Gasteiger partial charge in [-0.2, -0.15) is 5.26 Å². The van der Waals surface area contributed by atoms with E-state index in [2.05, 4.69) is 21.7 Å². The molecule has 2 aromatic rings. The van der Waals surface area contributed by atoms with Crippen molar-refractivity contribution in [2.24, 2.45) is 5.41 Å². The van der Waals surface area contributed by atoms with Crippen molar-refractivity contribution in [2.75, 3.05) is 17.2 Å². The Labute approximate surface area is 217 Å². The predicted octanol–water partition coefficient (Wildman–Crippen LogP) is 2.23. The van der Waals surface area contributed by atoms with Crippen molar-refractivity contribution in [3.63, 3.8) is 0 Å². The highest BCUT2D eigenvalue weighted by Crippen LogP contribution is 2.46. The highest BCUT2D eigenvalue weighted by Gasteiger charge is 2.56. The molecule has 4 amide bonds. The van der Waals surface area contributed by atoms with Gasteiger partial charge < -0.3 is 20.9 Å². The maximum Gasteiger partial charge on any atom is 0.313 e. The average Bonchev–Trinajstić information content (AvgIpc) is 3.38. The third kappa shape index (κ3) is 4.91. The number of hydrogen-bond acceptors (Lipinski definition) is 6. The number of amides is 4. The van der Waals surface area contributed by atoms with Gasteiger partial charge in [-0.15, -0.1) is 0 Å². The number of nitrogens with zero attached hydrogens (tertiary/aromatic N) is 3. The van der Waals surface area contributed by atoms with E-state index < -0.39 is 58.0 Å². The van der Waals surface area contributed by atoms with E-state index in [0.717, 1.165) is 0 Å². The number of benzene rings is 1. The molecule has 1 saturated heterocycles. The van der Waals surface area contributed by atoms with Crippen LogP contribution in [0.3, 0.4) is 0 Å². The number of carbonyl (C=O) groups excluding carboxylic acids is 4. The van der Waals surface area contributed by atoms with Gasteiger partial charge in [-0.05, 0) is 23.5 Å². The Morgan fingerprint density at radius 3 is 2.50 bits per heavy atom. The minimum atomic E-state index is -1.39. The van der Waals surface area contributed by atoms with Gasteiger partial charge in [-0.1, -0.05) is 39.0 Å². The summed E-state index contributed by atoms with van der Waals surface area (Å²) >= 11 is 0. The van der Waals surface area contributed by atoms with Gasteiger partial charge in [0.2, 0.25) is 11.8 Å². The average molecular weight is 525 g/mol. The van der Waals surface area contributed by atoms with Crippen LogP contribution in [0.5, 0.6) is 0 Å². The lowest BCUT2D eigenvalue weighted by molar-refractivity contribution is -0.141. The van der Waals surface area contributed by atoms with E-state index in [1.807, 2.05) is 26.1 Å². The van der Waals surface area contributed by atoms with E-state index >= 15 is 0 Å². The predicted molar refractivity (Wildman–Crippen MR) is 131 cm³/mol. The van der Waals surface area contributed by atoms with Crippen LogP contribution >= 0.6 is 0 Å². The molecule has 1 aromatic heterocycles. The van der Waals surface area contributed by atoms with Gasteiger partial charge in [0.25, 0.3) is 0 Å². The Morgan fingerprint density at radius 1 is 1.21 bits per heavy atom. The highest BCUT2D eigenvalue weighted by molar-refractivity contribution is 6.40. The Balaban J connectivity index is 1.58. The summed E-state index contributed by atoms with van der Waals surface area (Å²) in [5, 5.41) is 16.9. The Hall–Kier alpha value is -4.40. The normalized spacial score (nSPS) is 20.9. The lowest BCUT2D eigenvalue weighted by Crippen LogP contribution is -2.53. The quantitative estimate of drug-likeness (QED) is 0.523. The zero-order chi connectivity index (χ0) is 27.8. The molecule has 2 aliphatic rings. The summed E-state index contributed by atoms with van der Waals surface area (Å²) in [6, 6.07) is 6.90. The number of hydrogen-bond donors (Lipinski definition) is 3. The molecule has 3 heterocycles. The number of anilines is 2. The fourth-order valence-corrected chi connectivity index (χ4v) is 4.92. The van der Waals surface area contributed by atoms with Crippen molar-refractivity contribution in [3.8, 4) is 6.07 Å². The van der Waals surface area contributed by atoms with Crippen molar-refractivity contribution in [1.29, 1.82) is 5.26 Å². The molecule has 38 heavy (non-hydrogen) atoms. The van der Waals surface area contributed by atoms with Crippen molar-refractivity contribution in [2.45, 2.75) is 51.1 Å². The zero-order valence-corrected chi connectivity index (χ0v) is 21.0. The van der Waals surface area contributed by atoms with Crippen LogP contribution in [0.2, 0.25) is 0 Å². The van der Waals surface area contributed by atoms with E-state index in [0.29, 0.717) is 23.6 Å². The summed E-state index contributed by atoms with van der Waals surface area (Å²) in [4.78, 5) is 56.5. The largest absolute Gasteiger partial charge is 0.336 e. The number of pyridine rings is 1. The molecule has 3 N–H and O–H groups in total. The Morgan fingerprint density at radius 2 is 1.87 bits per heavy atom. The summed E-state index contributed by atoms with van der Waals surface area (Å²) in [6.07, 6.45) is 1.48. The first-order chi connectivity index (χ1) is 17.9. The minimum absolute atomic E-state index is 0.0648. The van der Waals surface area contributed by atoms with Gasteiger partial charge in [0.05, 0.1) is 23.9 Å². The Bertz CT molecular complexity index is 1350. The highest BCUT2D eigenvalue weighted by atomic mass is 19.1. The van der Waals surface area contributed by atoms with E-state index in [4.69, 9.17) is 0 Å². The molecule has 198 valence electrons. The molecule has 4 rings (SSSR count). The number of fused-ring (bicyclic) bond motifs is 2. The first kappa shape index (κ1) is 26.7. The number of nitrogens with one attached hydrogen (secondary N) is 3. The molecular weight excluding hydrogens is 498 g/mol. The zero-order valence-electron chi connectivity index (χ0n) is 21.0. The lowest BCUT2D eigenvalue weighted by atomic mass is 9.80. The summed E-state index contributed by atoms with van der Waals surface area (Å²) < 4.78 is 27.8. The van der Waals surface area contributed by atoms with Gasteiger partial charge in [-0.25, -0.2) is 8.78 Å². The number of carbonyl (C=O) groups is 4. The SMILES string of the molecule is CC(C)(C)C[C@H](NC(=O)C(=O)Nc1c(F)cncc1F)C(=O)N1C[C@]2(C[C@H]1C#N)C(=O)Nc1ccccc12. The minimum Gasteiger partial charge on any atom is -0.336 e. The van der Waals surface area contributed by atoms with Crippen LogP contribution in [0.25, 0.3) is 0 Å². The van der Waals surface area contributed by atoms with Crippen LogP contribution in [-0.2, 0) is 24.6 Å². The molecule has 0 saturated carbocycles. The smallest absolute Gasteiger partial charge is 0.313 e. The standard InChI is InChI=1S/C26H26F2N6O4/c1-25(2,3)9-19(31-21(35)22(36)33-20-16(27)11-30-12-17(20)28)23(37)34-13-26(8-14(34)10-29)15-6-4-5-7-18(15)32-24(26)38/h4-7,11-12,14,19H,8-9,13H2,1-3H3,(H,31,35)(H,32,38)(H,30,33,36)/t14-,19-,26-/m0/s1. The van der Waals surface area contributed by atoms with E-state index in [-0.39, 0.29) is 25.3 Å². The van der Waals surface area contributed by atoms with E-state index in [1.165, 1.54) is 4.90 Å². The van der Waals surface area contributed by atoms with Crippen LogP contribution < -0.4 is 16.0 Å². The van der Waals surface area contributed by atoms with Gasteiger partial charge >= 0.3 is 11.8 Å². The van der Waals surface area contributed by atoms with Crippen molar-refractivity contribution in [3.05, 3.63) is 53.9 Å². The van der Waals surface area contributed by atoms with Crippen molar-refractivity contribution in [1.82, 2.24) is 15.2 Å². The summed E-state index contributed by atoms with van der Waals surface area (Å²) in [5.74, 6) is -6.02. The molecule has 0 radical (unpaired) electrons. The monoisotopic (exact) mass is 524 g/mol. The second kappa shape index (κ2) is 9.81. The number of rotatable bonds is 4. The molecule has 0 unspecified atom stereocenters. The molecular formula is C26H26F2N6O4. The first-order valence-corrected chi connectivity index (χ1v) is 11.9. The van der Waals surface area contributed by atoms with Crippen LogP contribution in [0, 0.1) is 28.4 Å². The van der Waals surface area contributed by atoms with Crippen LogP contribution in [0.1, 0.15) is 39.2 Å². The molecule has 0 aliphatic carbocycles. The van der Waals surface area contributed by atoms with E-state index in [1.54, 1.807) is 24.3 Å². The van der Waals surface area contributed by atoms with Gasteiger partial charge in [0.15, 0.2) is 11.6 Å². The molecule has 2 aliphatic heterocycles. The van der Waals surface area contributed by atoms with Crippen LogP contribution in [0.15, 0.2) is 36.7 Å². The summed E-state index contributed by atoms with van der Waals surface area (Å²) in [5.41, 5.74) is -1.20. The van der Waals surface area contributed by atoms with E-state index in [9.17, 15) is 33.2 Å². The Kier molecular flexibility index (Phi) is 6.88. The third-order valence-electron chi connectivity index (χ3n) is 6.63. The van der Waals surface area contributed by atoms with Crippen LogP contribution in [-0.4, -0.2) is 52.1 Å². The molecule has 0 bridgehead atoms. The number of para-hydroxylation sites is 1. The van der Waals surface area contributed by atoms with Crippen molar-refractivity contribution >= 4 is 35.0 Å². The number of likely N-dealkylation sites (tertiary alicyclic amines) is 1. The molecule has 10 nitrogen and oxygen atoms in total. The summed E-state index contributed by atoms with van der Waals surface area (Å²) in [7, 11) is 0. The molecule has 12 heteroatoms. The maximum atomic E-state index is 13.9. The number of nitriles is 1. The number of aromatic nitrogens is 1. The number of halogens is 2. The fraction of sp³-hybridized carbons (Fsp3) is 0.385. The maximum absolute atomic E-state index is 13.9. The topological polar surface area (TPSA) is 144 Å². The second-order valence-electron chi connectivity index (χ2n) is 10.6. The first-order valence-electron chi connectivity index (χ1n) is 11.9. The fourth-order valence-electron chi connectivity index (χ4n) is 4.92. The van der Waals surface area contributed by atoms with Gasteiger partial charge in [0.1, 0.15) is 17.8 Å². The molecule has 1 aromatic carbocycles. The summed E-state index contributed by atoms with van der Waals surface area (Å²) in [6.45, 7) is 5.35. The van der Waals surface area contributed by atoms with Gasteiger partial charge in [0, 0.05) is 18.7 Å². The van der Waals surface area contributed by atoms with Gasteiger partial charge in [-0.3, -0.25) is 24.2 Å². The second-order valence-corrected chi connectivity index (χ2v) is 10.6. The van der Waals surface area contributed by atoms with Crippen LogP contribution in [0.4, 0.5) is 20.2 Å². The third-order valence-corrected chi connectivity index (χ3v) is 6.63. The molecule has 3 atom stereocenters. The lowest BCUT2D eigenvalue weighted by Gasteiger charge is -2.31. The van der Waals surface area contributed by atoms with Crippen molar-refractivity contribution < 1.29 is 28.0 Å². The molecule has 1 spiro atoms.